The molecule has 0 saturated carbocycles. The highest BCUT2D eigenvalue weighted by molar-refractivity contribution is 14.0. The van der Waals surface area contributed by atoms with Gasteiger partial charge in [0.05, 0.1) is 0 Å². The molecule has 0 bridgehead atoms. The van der Waals surface area contributed by atoms with Gasteiger partial charge in [0.15, 0.2) is 5.96 Å². The Labute approximate surface area is 200 Å². The molecule has 0 aliphatic carbocycles. The molecule has 2 aliphatic heterocycles. The van der Waals surface area contributed by atoms with Gasteiger partial charge < -0.3 is 25.3 Å². The van der Waals surface area contributed by atoms with Crippen molar-refractivity contribution in [3.63, 3.8) is 0 Å². The fourth-order valence-corrected chi connectivity index (χ4v) is 4.25. The fraction of sp³-hybridized carbons (Fsp3) is 0.696. The Bertz CT molecular complexity index is 627. The summed E-state index contributed by atoms with van der Waals surface area (Å²) < 4.78 is 0. The van der Waals surface area contributed by atoms with E-state index in [9.17, 15) is 0 Å². The molecule has 3 rings (SSSR count). The van der Waals surface area contributed by atoms with Gasteiger partial charge in [0.25, 0.3) is 0 Å². The van der Waals surface area contributed by atoms with Gasteiger partial charge in [0.2, 0.25) is 0 Å². The van der Waals surface area contributed by atoms with Crippen LogP contribution in [-0.4, -0.2) is 87.8 Å². The van der Waals surface area contributed by atoms with E-state index in [2.05, 4.69) is 68.4 Å². The third kappa shape index (κ3) is 7.89. The van der Waals surface area contributed by atoms with Crippen molar-refractivity contribution in [3.05, 3.63) is 29.8 Å². The van der Waals surface area contributed by atoms with Crippen molar-refractivity contribution >= 4 is 35.6 Å². The van der Waals surface area contributed by atoms with Crippen molar-refractivity contribution in [2.24, 2.45) is 4.99 Å². The number of hydrogen-bond acceptors (Lipinski definition) is 4. The number of halogens is 1. The summed E-state index contributed by atoms with van der Waals surface area (Å²) in [7, 11) is 1.87. The lowest BCUT2D eigenvalue weighted by Gasteiger charge is -2.34. The van der Waals surface area contributed by atoms with Crippen LogP contribution in [0.3, 0.4) is 0 Å². The minimum atomic E-state index is 0. The van der Waals surface area contributed by atoms with Crippen LogP contribution in [-0.2, 0) is 0 Å². The van der Waals surface area contributed by atoms with Crippen molar-refractivity contribution in [2.45, 2.75) is 39.2 Å². The Kier molecular flexibility index (Phi) is 11.2. The van der Waals surface area contributed by atoms with E-state index in [4.69, 9.17) is 0 Å². The molecule has 30 heavy (non-hydrogen) atoms. The van der Waals surface area contributed by atoms with Crippen LogP contribution in [0.15, 0.2) is 29.3 Å². The van der Waals surface area contributed by atoms with Crippen LogP contribution < -0.4 is 15.5 Å². The second kappa shape index (κ2) is 13.4. The summed E-state index contributed by atoms with van der Waals surface area (Å²) in [5.74, 6) is 0.942. The van der Waals surface area contributed by atoms with Crippen molar-refractivity contribution in [3.8, 4) is 0 Å². The first kappa shape index (κ1) is 25.2. The molecule has 0 amide bonds. The van der Waals surface area contributed by atoms with Crippen molar-refractivity contribution in [1.82, 2.24) is 20.4 Å². The molecule has 7 heteroatoms. The molecule has 2 aliphatic rings. The number of hydrogen-bond donors (Lipinski definition) is 2. The Hall–Kier alpha value is -1.06. The van der Waals surface area contributed by atoms with Crippen LogP contribution in [0.2, 0.25) is 0 Å². The zero-order chi connectivity index (χ0) is 20.5. The quantitative estimate of drug-likeness (QED) is 0.235. The van der Waals surface area contributed by atoms with Gasteiger partial charge in [0.1, 0.15) is 0 Å². The zero-order valence-electron chi connectivity index (χ0n) is 19.1. The number of aryl methyl sites for hydroxylation is 1. The molecule has 0 aromatic heterocycles. The minimum Gasteiger partial charge on any atom is -0.369 e. The van der Waals surface area contributed by atoms with Gasteiger partial charge in [-0.25, -0.2) is 0 Å². The van der Waals surface area contributed by atoms with Gasteiger partial charge in [0, 0.05) is 64.6 Å². The molecule has 2 heterocycles. The highest BCUT2D eigenvalue weighted by Gasteiger charge is 2.23. The van der Waals surface area contributed by atoms with E-state index in [1.165, 1.54) is 63.4 Å². The summed E-state index contributed by atoms with van der Waals surface area (Å²) >= 11 is 0. The maximum absolute atomic E-state index is 4.43. The lowest BCUT2D eigenvalue weighted by Crippen LogP contribution is -2.46. The van der Waals surface area contributed by atoms with E-state index >= 15 is 0 Å². The van der Waals surface area contributed by atoms with Gasteiger partial charge in [-0.3, -0.25) is 4.99 Å². The number of nitrogens with one attached hydrogen (secondary N) is 2. The molecule has 2 saturated heterocycles. The van der Waals surface area contributed by atoms with E-state index < -0.39 is 0 Å². The van der Waals surface area contributed by atoms with E-state index in [0.717, 1.165) is 32.0 Å². The SMILES string of the molecule is CCN1CCN(CCCCNC(=NC)NC2CCN(c3ccc(C)cc3)C2)CC1.I. The number of rotatable bonds is 8. The Morgan fingerprint density at radius 1 is 1.03 bits per heavy atom. The van der Waals surface area contributed by atoms with Gasteiger partial charge in [-0.15, -0.1) is 24.0 Å². The number of nitrogens with zero attached hydrogens (tertiary/aromatic N) is 4. The van der Waals surface area contributed by atoms with E-state index in [0.29, 0.717) is 6.04 Å². The highest BCUT2D eigenvalue weighted by Crippen LogP contribution is 2.20. The van der Waals surface area contributed by atoms with Crippen molar-refractivity contribution in [2.75, 3.05) is 70.9 Å². The molecule has 0 spiro atoms. The maximum atomic E-state index is 4.43. The molecule has 0 radical (unpaired) electrons. The average Bonchev–Trinajstić information content (AvgIpc) is 3.22. The second-order valence-electron chi connectivity index (χ2n) is 8.39. The standard InChI is InChI=1S/C23H40N6.HI/c1-4-27-15-17-28(18-16-27)13-6-5-12-25-23(24-3)26-21-11-14-29(19-21)22-9-7-20(2)8-10-22;/h7-10,21H,4-6,11-19H2,1-3H3,(H2,24,25,26);1H. The van der Waals surface area contributed by atoms with Gasteiger partial charge in [-0.05, 0) is 51.4 Å². The third-order valence-electron chi connectivity index (χ3n) is 6.26. The lowest BCUT2D eigenvalue weighted by atomic mass is 10.2. The predicted molar refractivity (Wildman–Crippen MR) is 139 cm³/mol. The number of guanidine groups is 1. The summed E-state index contributed by atoms with van der Waals surface area (Å²) in [5, 5.41) is 7.12. The van der Waals surface area contributed by atoms with Crippen LogP contribution in [0, 0.1) is 6.92 Å². The van der Waals surface area contributed by atoms with Crippen LogP contribution in [0.25, 0.3) is 0 Å². The van der Waals surface area contributed by atoms with E-state index in [1.807, 2.05) is 7.05 Å². The number of piperazine rings is 1. The topological polar surface area (TPSA) is 46.1 Å². The molecule has 6 nitrogen and oxygen atoms in total. The van der Waals surface area contributed by atoms with Gasteiger partial charge in [-0.2, -0.15) is 0 Å². The minimum absolute atomic E-state index is 0. The fourth-order valence-electron chi connectivity index (χ4n) is 4.25. The van der Waals surface area contributed by atoms with Crippen molar-refractivity contribution in [1.29, 1.82) is 0 Å². The Morgan fingerprint density at radius 2 is 1.73 bits per heavy atom. The smallest absolute Gasteiger partial charge is 0.191 e. The summed E-state index contributed by atoms with van der Waals surface area (Å²) in [6.45, 7) is 14.8. The lowest BCUT2D eigenvalue weighted by molar-refractivity contribution is 0.136. The van der Waals surface area contributed by atoms with Gasteiger partial charge >= 0.3 is 0 Å². The van der Waals surface area contributed by atoms with E-state index in [1.54, 1.807) is 0 Å². The average molecular weight is 529 g/mol. The first-order valence-electron chi connectivity index (χ1n) is 11.4. The normalized spacial score (nSPS) is 20.8. The Balaban J connectivity index is 0.00000320. The van der Waals surface area contributed by atoms with Crippen molar-refractivity contribution < 1.29 is 0 Å². The largest absolute Gasteiger partial charge is 0.369 e. The predicted octanol–water partition coefficient (Wildman–Crippen LogP) is 2.77. The number of benzene rings is 1. The molecular formula is C23H41IN6. The number of anilines is 1. The van der Waals surface area contributed by atoms with Gasteiger partial charge in [-0.1, -0.05) is 24.6 Å². The molecule has 1 unspecified atom stereocenters. The molecule has 1 aromatic rings. The molecule has 2 N–H and O–H groups in total. The Morgan fingerprint density at radius 3 is 2.40 bits per heavy atom. The molecule has 2 fully saturated rings. The molecule has 170 valence electrons. The molecule has 1 atom stereocenters. The van der Waals surface area contributed by atoms with Crippen LogP contribution in [0.5, 0.6) is 0 Å². The number of unbranched alkanes of at least 4 members (excludes halogenated alkanes) is 1. The number of likely N-dealkylation sites (N-methyl/N-ethyl adjacent to an activating group) is 1. The molecular weight excluding hydrogens is 487 g/mol. The summed E-state index contributed by atoms with van der Waals surface area (Å²) in [6.07, 6.45) is 3.59. The zero-order valence-corrected chi connectivity index (χ0v) is 21.4. The maximum Gasteiger partial charge on any atom is 0.191 e. The number of aliphatic imine (C=N–C) groups is 1. The van der Waals surface area contributed by atoms with E-state index in [-0.39, 0.29) is 24.0 Å². The van der Waals surface area contributed by atoms with Crippen LogP contribution in [0.1, 0.15) is 31.7 Å². The second-order valence-corrected chi connectivity index (χ2v) is 8.39. The summed E-state index contributed by atoms with van der Waals surface area (Å²) in [5.41, 5.74) is 2.64. The first-order chi connectivity index (χ1) is 14.2. The molecule has 1 aromatic carbocycles. The summed E-state index contributed by atoms with van der Waals surface area (Å²) in [6, 6.07) is 9.30. The first-order valence-corrected chi connectivity index (χ1v) is 11.4. The summed E-state index contributed by atoms with van der Waals surface area (Å²) in [4.78, 5) is 12.0. The highest BCUT2D eigenvalue weighted by atomic mass is 127. The third-order valence-corrected chi connectivity index (χ3v) is 6.26. The monoisotopic (exact) mass is 528 g/mol. The van der Waals surface area contributed by atoms with Crippen LogP contribution >= 0.6 is 24.0 Å². The van der Waals surface area contributed by atoms with Crippen LogP contribution in [0.4, 0.5) is 5.69 Å².